The van der Waals surface area contributed by atoms with Gasteiger partial charge in [0.1, 0.15) is 6.61 Å². The lowest BCUT2D eigenvalue weighted by atomic mass is 9.92. The summed E-state index contributed by atoms with van der Waals surface area (Å²) in [6.07, 6.45) is 0.107. The van der Waals surface area contributed by atoms with Crippen LogP contribution in [0.2, 0.25) is 0 Å². The van der Waals surface area contributed by atoms with Gasteiger partial charge in [0, 0.05) is 16.4 Å². The molecule has 1 aliphatic carbocycles. The van der Waals surface area contributed by atoms with Crippen LogP contribution in [0.4, 0.5) is 0 Å². The zero-order valence-corrected chi connectivity index (χ0v) is 12.8. The van der Waals surface area contributed by atoms with E-state index in [1.807, 2.05) is 0 Å². The number of carboxylic acids is 1. The number of thiophene rings is 1. The third kappa shape index (κ3) is 2.45. The highest BCUT2D eigenvalue weighted by atomic mass is 32.2. The van der Waals surface area contributed by atoms with Gasteiger partial charge in [0.2, 0.25) is 5.78 Å². The van der Waals surface area contributed by atoms with Crippen LogP contribution in [0.1, 0.15) is 33.4 Å². The summed E-state index contributed by atoms with van der Waals surface area (Å²) < 4.78 is 5.26. The summed E-state index contributed by atoms with van der Waals surface area (Å²) in [6.45, 7) is 1.39. The number of carboxylic acid groups (broad SMARTS) is 1. The first-order valence-electron chi connectivity index (χ1n) is 6.39. The molecule has 0 amide bonds. The zero-order valence-electron chi connectivity index (χ0n) is 11.1. The molecule has 0 bridgehead atoms. The van der Waals surface area contributed by atoms with Gasteiger partial charge in [0.25, 0.3) is 0 Å². The van der Waals surface area contributed by atoms with Crippen LogP contribution in [-0.2, 0) is 9.53 Å². The minimum Gasteiger partial charge on any atom is -0.480 e. The van der Waals surface area contributed by atoms with E-state index in [2.05, 4.69) is 0 Å². The second-order valence-corrected chi connectivity index (χ2v) is 7.07. The van der Waals surface area contributed by atoms with E-state index in [4.69, 9.17) is 9.84 Å². The number of carbonyl (C=O) groups excluding carboxylic acids is 2. The molecule has 0 fully saturated rings. The quantitative estimate of drug-likeness (QED) is 0.916. The molecular weight excluding hydrogens is 312 g/mol. The summed E-state index contributed by atoms with van der Waals surface area (Å²) in [6, 6.07) is 1.69. The monoisotopic (exact) mass is 324 g/mol. The second kappa shape index (κ2) is 5.40. The number of aliphatic carboxylic acids is 1. The average molecular weight is 324 g/mol. The molecule has 1 aromatic rings. The van der Waals surface area contributed by atoms with E-state index in [0.717, 1.165) is 0 Å². The number of fused-ring (bicyclic) bond motifs is 1. The maximum atomic E-state index is 12.4. The summed E-state index contributed by atoms with van der Waals surface area (Å²) in [7, 11) is 0. The summed E-state index contributed by atoms with van der Waals surface area (Å²) >= 11 is 2.61. The van der Waals surface area contributed by atoms with Crippen molar-refractivity contribution in [2.45, 2.75) is 24.7 Å². The smallest absolute Gasteiger partial charge is 0.329 e. The molecule has 110 valence electrons. The molecule has 1 N–H and O–H groups in total. The molecule has 5 nitrogen and oxygen atoms in total. The molecule has 2 atom stereocenters. The Morgan fingerprint density at radius 3 is 2.95 bits per heavy atom. The Kier molecular flexibility index (Phi) is 3.73. The van der Waals surface area contributed by atoms with Crippen molar-refractivity contribution in [2.24, 2.45) is 0 Å². The maximum Gasteiger partial charge on any atom is 0.329 e. The van der Waals surface area contributed by atoms with Crippen LogP contribution in [-0.4, -0.2) is 40.6 Å². The van der Waals surface area contributed by atoms with Crippen molar-refractivity contribution in [1.82, 2.24) is 0 Å². The molecule has 2 unspecified atom stereocenters. The van der Waals surface area contributed by atoms with E-state index in [0.29, 0.717) is 27.3 Å². The molecule has 0 radical (unpaired) electrons. The molecule has 3 rings (SSSR count). The molecular formula is C14H12O5S2. The van der Waals surface area contributed by atoms with Crippen LogP contribution >= 0.6 is 23.1 Å². The van der Waals surface area contributed by atoms with Gasteiger partial charge in [-0.2, -0.15) is 0 Å². The van der Waals surface area contributed by atoms with Crippen molar-refractivity contribution >= 4 is 40.6 Å². The highest BCUT2D eigenvalue weighted by Crippen LogP contribution is 2.46. The summed E-state index contributed by atoms with van der Waals surface area (Å²) in [5, 5.41) is 10.3. The summed E-state index contributed by atoms with van der Waals surface area (Å²) in [5.41, 5.74) is 1.04. The third-order valence-corrected chi connectivity index (χ3v) is 5.97. The molecule has 2 heterocycles. The molecule has 1 aliphatic heterocycles. The lowest BCUT2D eigenvalue weighted by Crippen LogP contribution is -2.25. The van der Waals surface area contributed by atoms with E-state index < -0.39 is 5.97 Å². The molecule has 0 saturated heterocycles. The predicted octanol–water partition coefficient (Wildman–Crippen LogP) is 2.38. The summed E-state index contributed by atoms with van der Waals surface area (Å²) in [4.78, 5) is 36.3. The molecule has 0 saturated carbocycles. The average Bonchev–Trinajstić information content (AvgIpc) is 3.08. The van der Waals surface area contributed by atoms with Crippen molar-refractivity contribution in [3.63, 3.8) is 0 Å². The minimum atomic E-state index is -1.03. The van der Waals surface area contributed by atoms with Gasteiger partial charge in [-0.1, -0.05) is 0 Å². The summed E-state index contributed by atoms with van der Waals surface area (Å²) in [5.74, 6) is -1.20. The van der Waals surface area contributed by atoms with Gasteiger partial charge < -0.3 is 9.84 Å². The van der Waals surface area contributed by atoms with Crippen molar-refractivity contribution in [1.29, 1.82) is 0 Å². The van der Waals surface area contributed by atoms with Crippen molar-refractivity contribution in [3.05, 3.63) is 32.4 Å². The predicted molar refractivity (Wildman–Crippen MR) is 79.1 cm³/mol. The van der Waals surface area contributed by atoms with Gasteiger partial charge >= 0.3 is 5.97 Å². The lowest BCUT2D eigenvalue weighted by molar-refractivity contribution is -0.144. The van der Waals surface area contributed by atoms with Gasteiger partial charge in [0.05, 0.1) is 15.9 Å². The number of ketones is 2. The normalized spacial score (nSPS) is 22.2. The van der Waals surface area contributed by atoms with E-state index in [9.17, 15) is 14.4 Å². The van der Waals surface area contributed by atoms with Gasteiger partial charge in [-0.15, -0.1) is 23.1 Å². The largest absolute Gasteiger partial charge is 0.480 e. The number of carbonyl (C=O) groups is 3. The third-order valence-electron chi connectivity index (χ3n) is 3.54. The Bertz CT molecular complexity index is 630. The molecule has 2 aliphatic rings. The Morgan fingerprint density at radius 2 is 2.24 bits per heavy atom. The first-order chi connectivity index (χ1) is 9.99. The standard InChI is InChI=1S/C14H12O5S2/c1-6(19-5-10(15)16)9-4-8-11(17)7-2-3-20-13(7)12(18)14(8)21-9/h2-3,6,9H,4-5H2,1H3,(H,15,16). The maximum absolute atomic E-state index is 12.4. The lowest BCUT2D eigenvalue weighted by Gasteiger charge is -2.18. The first kappa shape index (κ1) is 14.5. The Morgan fingerprint density at radius 1 is 1.48 bits per heavy atom. The fourth-order valence-electron chi connectivity index (χ4n) is 2.45. The number of ether oxygens (including phenoxy) is 1. The number of hydrogen-bond acceptors (Lipinski definition) is 6. The van der Waals surface area contributed by atoms with Crippen LogP contribution in [0, 0.1) is 0 Å². The van der Waals surface area contributed by atoms with Crippen molar-refractivity contribution < 1.29 is 24.2 Å². The fourth-order valence-corrected chi connectivity index (χ4v) is 4.70. The molecule has 21 heavy (non-hydrogen) atoms. The highest BCUT2D eigenvalue weighted by Gasteiger charge is 2.41. The van der Waals surface area contributed by atoms with Gasteiger partial charge in [-0.3, -0.25) is 9.59 Å². The number of rotatable bonds is 4. The van der Waals surface area contributed by atoms with Crippen molar-refractivity contribution in [3.8, 4) is 0 Å². The Balaban J connectivity index is 1.77. The van der Waals surface area contributed by atoms with Crippen LogP contribution in [0.5, 0.6) is 0 Å². The van der Waals surface area contributed by atoms with Crippen molar-refractivity contribution in [2.75, 3.05) is 6.61 Å². The van der Waals surface area contributed by atoms with Gasteiger partial charge in [0.15, 0.2) is 5.78 Å². The van der Waals surface area contributed by atoms with E-state index in [-0.39, 0.29) is 29.5 Å². The molecule has 1 aromatic heterocycles. The highest BCUT2D eigenvalue weighted by molar-refractivity contribution is 8.05. The van der Waals surface area contributed by atoms with E-state index in [1.54, 1.807) is 18.4 Å². The number of Topliss-reactive ketones (excluding diaryl/α,β-unsaturated/α-hetero) is 2. The number of hydrogen-bond donors (Lipinski definition) is 1. The van der Waals surface area contributed by atoms with E-state index >= 15 is 0 Å². The van der Waals surface area contributed by atoms with Crippen LogP contribution in [0.3, 0.4) is 0 Å². The van der Waals surface area contributed by atoms with E-state index in [1.165, 1.54) is 23.1 Å². The molecule has 0 spiro atoms. The minimum absolute atomic E-state index is 0.0821. The van der Waals surface area contributed by atoms with Crippen LogP contribution < -0.4 is 0 Å². The Hall–Kier alpha value is -1.44. The molecule has 0 aromatic carbocycles. The van der Waals surface area contributed by atoms with Crippen LogP contribution in [0.25, 0.3) is 0 Å². The zero-order chi connectivity index (χ0) is 15.1. The second-order valence-electron chi connectivity index (χ2n) is 4.90. The first-order valence-corrected chi connectivity index (χ1v) is 8.15. The number of thioether (sulfide) groups is 1. The number of allylic oxidation sites excluding steroid dienone is 2. The van der Waals surface area contributed by atoms with Gasteiger partial charge in [-0.25, -0.2) is 4.79 Å². The fraction of sp³-hybridized carbons (Fsp3) is 0.357. The molecule has 7 heteroatoms. The van der Waals surface area contributed by atoms with Crippen LogP contribution in [0.15, 0.2) is 21.9 Å². The Labute approximate surface area is 129 Å². The SMILES string of the molecule is CC(OCC(=O)O)C1CC2=C(S1)C(=O)c1sccc1C2=O. The van der Waals surface area contributed by atoms with Gasteiger partial charge in [-0.05, 0) is 24.8 Å². The topological polar surface area (TPSA) is 80.7 Å².